The monoisotopic (exact) mass is 305 g/mol. The van der Waals surface area contributed by atoms with Gasteiger partial charge >= 0.3 is 6.09 Å². The van der Waals surface area contributed by atoms with Crippen molar-refractivity contribution in [3.8, 4) is 0 Å². The first-order valence-corrected chi connectivity index (χ1v) is 7.96. The van der Waals surface area contributed by atoms with Gasteiger partial charge in [0, 0.05) is 19.0 Å². The molecule has 4 nitrogen and oxygen atoms in total. The largest absolute Gasteiger partial charge is 0.444 e. The van der Waals surface area contributed by atoms with E-state index in [0.717, 1.165) is 6.42 Å². The highest BCUT2D eigenvalue weighted by Gasteiger charge is 2.32. The topological polar surface area (TPSA) is 49.8 Å². The lowest BCUT2D eigenvalue weighted by Crippen LogP contribution is -2.48. The minimum Gasteiger partial charge on any atom is -0.444 e. The molecule has 0 radical (unpaired) electrons. The summed E-state index contributed by atoms with van der Waals surface area (Å²) < 4.78 is 5.44. The van der Waals surface area contributed by atoms with Crippen LogP contribution in [0.3, 0.4) is 0 Å². The third-order valence-electron chi connectivity index (χ3n) is 3.93. The molecule has 1 amide bonds. The number of benzene rings is 1. The number of ether oxygens (including phenoxy) is 1. The van der Waals surface area contributed by atoms with E-state index in [4.69, 9.17) is 4.74 Å². The lowest BCUT2D eigenvalue weighted by atomic mass is 9.88. The van der Waals surface area contributed by atoms with Crippen molar-refractivity contribution in [2.45, 2.75) is 52.2 Å². The number of hydrogen-bond acceptors (Lipinski definition) is 3. The molecule has 2 rings (SSSR count). The fourth-order valence-electron chi connectivity index (χ4n) is 2.85. The van der Waals surface area contributed by atoms with Gasteiger partial charge in [0.2, 0.25) is 0 Å². The Morgan fingerprint density at radius 1 is 1.41 bits per heavy atom. The van der Waals surface area contributed by atoms with Crippen LogP contribution in [-0.2, 0) is 11.2 Å². The van der Waals surface area contributed by atoms with E-state index in [1.165, 1.54) is 11.1 Å². The van der Waals surface area contributed by atoms with Crippen LogP contribution in [0.4, 0.5) is 4.79 Å². The second kappa shape index (κ2) is 6.69. The van der Waals surface area contributed by atoms with E-state index in [0.29, 0.717) is 19.5 Å². The number of rotatable bonds is 2. The first-order chi connectivity index (χ1) is 10.2. The van der Waals surface area contributed by atoms with Gasteiger partial charge in [-0.1, -0.05) is 29.8 Å². The van der Waals surface area contributed by atoms with Gasteiger partial charge in [-0.15, -0.1) is 0 Å². The molecule has 0 aliphatic carbocycles. The van der Waals surface area contributed by atoms with Crippen molar-refractivity contribution in [3.05, 3.63) is 35.4 Å². The molecular weight excluding hydrogens is 278 g/mol. The quantitative estimate of drug-likeness (QED) is 0.913. The summed E-state index contributed by atoms with van der Waals surface area (Å²) in [6.45, 7) is 8.77. The maximum atomic E-state index is 12.2. The Bertz CT molecular complexity index is 521. The van der Waals surface area contributed by atoms with Crippen LogP contribution in [-0.4, -0.2) is 40.9 Å². The average Bonchev–Trinajstić information content (AvgIpc) is 2.39. The van der Waals surface area contributed by atoms with Gasteiger partial charge in [0.15, 0.2) is 0 Å². The fourth-order valence-corrected chi connectivity index (χ4v) is 2.85. The van der Waals surface area contributed by atoms with Gasteiger partial charge < -0.3 is 14.7 Å². The maximum Gasteiger partial charge on any atom is 0.410 e. The van der Waals surface area contributed by atoms with Crippen molar-refractivity contribution in [2.75, 3.05) is 13.1 Å². The van der Waals surface area contributed by atoms with E-state index in [1.807, 2.05) is 26.8 Å². The summed E-state index contributed by atoms with van der Waals surface area (Å²) >= 11 is 0. The van der Waals surface area contributed by atoms with Crippen LogP contribution in [0.2, 0.25) is 0 Å². The van der Waals surface area contributed by atoms with E-state index in [-0.39, 0.29) is 18.1 Å². The zero-order valence-electron chi connectivity index (χ0n) is 14.0. The lowest BCUT2D eigenvalue weighted by Gasteiger charge is -2.37. The summed E-state index contributed by atoms with van der Waals surface area (Å²) in [5, 5.41) is 10.3. The number of likely N-dealkylation sites (tertiary alicyclic amines) is 1. The standard InChI is InChI=1S/C18H27NO3/c1-13-6-5-7-14(10-13)11-15-12-19(9-8-16(15)20)17(21)22-18(2,3)4/h5-7,10,15-16,20H,8-9,11-12H2,1-4H3/t15-,16-/m0/s1. The highest BCUT2D eigenvalue weighted by atomic mass is 16.6. The summed E-state index contributed by atoms with van der Waals surface area (Å²) in [6, 6.07) is 8.31. The Balaban J connectivity index is 2.00. The second-order valence-electron chi connectivity index (χ2n) is 7.24. The van der Waals surface area contributed by atoms with Crippen LogP contribution in [0.1, 0.15) is 38.3 Å². The molecule has 1 fully saturated rings. The number of aliphatic hydroxyl groups excluding tert-OH is 1. The molecule has 1 heterocycles. The third-order valence-corrected chi connectivity index (χ3v) is 3.93. The molecule has 1 aliphatic rings. The number of amides is 1. The zero-order chi connectivity index (χ0) is 16.3. The number of nitrogens with zero attached hydrogens (tertiary/aromatic N) is 1. The van der Waals surface area contributed by atoms with Gasteiger partial charge in [0.05, 0.1) is 6.10 Å². The Labute approximate surface area is 133 Å². The predicted molar refractivity (Wildman–Crippen MR) is 86.8 cm³/mol. The molecule has 0 saturated carbocycles. The van der Waals surface area contributed by atoms with Gasteiger partial charge in [-0.3, -0.25) is 0 Å². The molecular formula is C18H27NO3. The molecule has 122 valence electrons. The highest BCUT2D eigenvalue weighted by Crippen LogP contribution is 2.23. The first kappa shape index (κ1) is 16.8. The van der Waals surface area contributed by atoms with Crippen molar-refractivity contribution in [1.29, 1.82) is 0 Å². The normalized spacial score (nSPS) is 22.5. The smallest absolute Gasteiger partial charge is 0.410 e. The van der Waals surface area contributed by atoms with Crippen LogP contribution in [0, 0.1) is 12.8 Å². The number of carbonyl (C=O) groups excluding carboxylic acids is 1. The van der Waals surface area contributed by atoms with E-state index >= 15 is 0 Å². The second-order valence-corrected chi connectivity index (χ2v) is 7.24. The minimum absolute atomic E-state index is 0.0584. The maximum absolute atomic E-state index is 12.2. The van der Waals surface area contributed by atoms with Crippen LogP contribution in [0.5, 0.6) is 0 Å². The Kier molecular flexibility index (Phi) is 5.12. The van der Waals surface area contributed by atoms with Crippen molar-refractivity contribution in [1.82, 2.24) is 4.90 Å². The van der Waals surface area contributed by atoms with Crippen molar-refractivity contribution >= 4 is 6.09 Å². The lowest BCUT2D eigenvalue weighted by molar-refractivity contribution is -0.00824. The van der Waals surface area contributed by atoms with E-state index in [2.05, 4.69) is 25.1 Å². The average molecular weight is 305 g/mol. The van der Waals surface area contributed by atoms with Gasteiger partial charge in [0.25, 0.3) is 0 Å². The molecule has 1 saturated heterocycles. The number of hydrogen-bond donors (Lipinski definition) is 1. The fraction of sp³-hybridized carbons (Fsp3) is 0.611. The molecule has 0 spiro atoms. The van der Waals surface area contributed by atoms with Crippen LogP contribution < -0.4 is 0 Å². The Morgan fingerprint density at radius 3 is 2.77 bits per heavy atom. The third kappa shape index (κ3) is 4.73. The zero-order valence-corrected chi connectivity index (χ0v) is 14.0. The first-order valence-electron chi connectivity index (χ1n) is 7.96. The number of piperidine rings is 1. The van der Waals surface area contributed by atoms with E-state index in [1.54, 1.807) is 4.90 Å². The molecule has 0 aromatic heterocycles. The number of aliphatic hydroxyl groups is 1. The van der Waals surface area contributed by atoms with Crippen molar-refractivity contribution < 1.29 is 14.6 Å². The van der Waals surface area contributed by atoms with Crippen LogP contribution in [0.15, 0.2) is 24.3 Å². The summed E-state index contributed by atoms with van der Waals surface area (Å²) in [4.78, 5) is 13.9. The highest BCUT2D eigenvalue weighted by molar-refractivity contribution is 5.68. The number of carbonyl (C=O) groups is 1. The van der Waals surface area contributed by atoms with Gasteiger partial charge in [-0.2, -0.15) is 0 Å². The summed E-state index contributed by atoms with van der Waals surface area (Å²) in [5.41, 5.74) is 1.93. The summed E-state index contributed by atoms with van der Waals surface area (Å²) in [7, 11) is 0. The molecule has 1 aromatic rings. The minimum atomic E-state index is -0.487. The molecule has 1 aliphatic heterocycles. The van der Waals surface area contributed by atoms with Gasteiger partial charge in [-0.25, -0.2) is 4.79 Å². The van der Waals surface area contributed by atoms with Crippen molar-refractivity contribution in [2.24, 2.45) is 5.92 Å². The summed E-state index contributed by atoms with van der Waals surface area (Å²) in [5.74, 6) is 0.0584. The van der Waals surface area contributed by atoms with Crippen LogP contribution >= 0.6 is 0 Å². The Hall–Kier alpha value is -1.55. The molecule has 22 heavy (non-hydrogen) atoms. The molecule has 1 aromatic carbocycles. The van der Waals surface area contributed by atoms with Gasteiger partial charge in [-0.05, 0) is 46.1 Å². The summed E-state index contributed by atoms with van der Waals surface area (Å²) in [6.07, 6.45) is 0.741. The van der Waals surface area contributed by atoms with Crippen LogP contribution in [0.25, 0.3) is 0 Å². The van der Waals surface area contributed by atoms with Crippen molar-refractivity contribution in [3.63, 3.8) is 0 Å². The SMILES string of the molecule is Cc1cccc(C[C@H]2CN(C(=O)OC(C)(C)C)CC[C@@H]2O)c1. The molecule has 4 heteroatoms. The molecule has 0 unspecified atom stereocenters. The molecule has 0 bridgehead atoms. The predicted octanol–water partition coefficient (Wildman–Crippen LogP) is 3.16. The van der Waals surface area contributed by atoms with E-state index in [9.17, 15) is 9.90 Å². The Morgan fingerprint density at radius 2 is 2.14 bits per heavy atom. The number of aryl methyl sites for hydroxylation is 1. The molecule has 2 atom stereocenters. The van der Waals surface area contributed by atoms with E-state index < -0.39 is 5.60 Å². The van der Waals surface area contributed by atoms with Gasteiger partial charge in [0.1, 0.15) is 5.60 Å². The molecule has 1 N–H and O–H groups in total.